The standard InChI is InChI=1S/C11H12INO3/c1-8(13(15)7-11(14)16-2)9-4-3-5-10(12)6-9/h3-8H,1-2H3/b13-7-. The fourth-order valence-electron chi connectivity index (χ4n) is 1.18. The molecule has 16 heavy (non-hydrogen) atoms. The first kappa shape index (κ1) is 13.0. The van der Waals surface area contributed by atoms with Crippen LogP contribution in [0.15, 0.2) is 24.3 Å². The Morgan fingerprint density at radius 2 is 2.31 bits per heavy atom. The third-order valence-electron chi connectivity index (χ3n) is 2.15. The first-order chi connectivity index (χ1) is 7.54. The summed E-state index contributed by atoms with van der Waals surface area (Å²) in [6.45, 7) is 1.73. The summed E-state index contributed by atoms with van der Waals surface area (Å²) in [7, 11) is 1.24. The monoisotopic (exact) mass is 333 g/mol. The second-order valence-corrected chi connectivity index (χ2v) is 4.49. The van der Waals surface area contributed by atoms with E-state index < -0.39 is 12.0 Å². The number of benzene rings is 1. The number of rotatable bonds is 3. The molecule has 0 aliphatic heterocycles. The summed E-state index contributed by atoms with van der Waals surface area (Å²) in [6.07, 6.45) is 0.907. The molecular weight excluding hydrogens is 321 g/mol. The van der Waals surface area contributed by atoms with Gasteiger partial charge in [0.25, 0.3) is 6.21 Å². The number of carbonyl (C=O) groups excluding carboxylic acids is 1. The number of methoxy groups -OCH3 is 1. The van der Waals surface area contributed by atoms with Gasteiger partial charge in [-0.15, -0.1) is 0 Å². The van der Waals surface area contributed by atoms with E-state index in [1.165, 1.54) is 7.11 Å². The largest absolute Gasteiger partial charge is 0.623 e. The maximum absolute atomic E-state index is 11.6. The average Bonchev–Trinajstić information content (AvgIpc) is 2.27. The highest BCUT2D eigenvalue weighted by Gasteiger charge is 2.14. The predicted octanol–water partition coefficient (Wildman–Crippen LogP) is 2.11. The van der Waals surface area contributed by atoms with Gasteiger partial charge in [0.05, 0.1) is 7.11 Å². The molecule has 0 heterocycles. The molecule has 0 spiro atoms. The molecule has 0 saturated carbocycles. The van der Waals surface area contributed by atoms with Gasteiger partial charge in [-0.1, -0.05) is 12.1 Å². The van der Waals surface area contributed by atoms with Gasteiger partial charge in [-0.2, -0.15) is 4.74 Å². The van der Waals surface area contributed by atoms with Crippen LogP contribution in [-0.4, -0.2) is 24.0 Å². The minimum atomic E-state index is -0.646. The minimum absolute atomic E-state index is 0.409. The van der Waals surface area contributed by atoms with E-state index in [2.05, 4.69) is 27.3 Å². The van der Waals surface area contributed by atoms with Gasteiger partial charge in [0.2, 0.25) is 0 Å². The maximum atomic E-state index is 11.6. The second kappa shape index (κ2) is 5.83. The summed E-state index contributed by atoms with van der Waals surface area (Å²) in [4.78, 5) is 10.9. The van der Waals surface area contributed by atoms with Crippen molar-refractivity contribution in [3.05, 3.63) is 38.6 Å². The normalized spacial score (nSPS) is 13.3. The molecule has 86 valence electrons. The highest BCUT2D eigenvalue weighted by Crippen LogP contribution is 2.17. The highest BCUT2D eigenvalue weighted by atomic mass is 127. The van der Waals surface area contributed by atoms with Crippen LogP contribution in [0, 0.1) is 8.78 Å². The zero-order chi connectivity index (χ0) is 12.1. The molecular formula is C11H12INO3. The molecule has 1 aromatic carbocycles. The SMILES string of the molecule is COC(=O)/C=[N+](\[O-])C(C)c1cccc(I)c1. The smallest absolute Gasteiger partial charge is 0.396 e. The number of halogens is 1. The van der Waals surface area contributed by atoms with Crippen molar-refractivity contribution in [2.45, 2.75) is 13.0 Å². The summed E-state index contributed by atoms with van der Waals surface area (Å²) in [6, 6.07) is 7.16. The van der Waals surface area contributed by atoms with Crippen molar-refractivity contribution in [3.63, 3.8) is 0 Å². The molecule has 1 atom stereocenters. The van der Waals surface area contributed by atoms with E-state index >= 15 is 0 Å². The lowest BCUT2D eigenvalue weighted by Crippen LogP contribution is -2.17. The van der Waals surface area contributed by atoms with E-state index in [4.69, 9.17) is 0 Å². The fraction of sp³-hybridized carbons (Fsp3) is 0.273. The number of nitrogens with zero attached hydrogens (tertiary/aromatic N) is 1. The molecule has 0 fully saturated rings. The van der Waals surface area contributed by atoms with Gasteiger partial charge >= 0.3 is 5.97 Å². The van der Waals surface area contributed by atoms with Gasteiger partial charge in [-0.25, -0.2) is 4.79 Å². The van der Waals surface area contributed by atoms with Crippen LogP contribution in [0.25, 0.3) is 0 Å². The molecule has 0 amide bonds. The van der Waals surface area contributed by atoms with E-state index in [0.29, 0.717) is 4.74 Å². The predicted molar refractivity (Wildman–Crippen MR) is 69.3 cm³/mol. The Morgan fingerprint density at radius 3 is 2.88 bits per heavy atom. The Labute approximate surface area is 108 Å². The first-order valence-corrected chi connectivity index (χ1v) is 5.76. The van der Waals surface area contributed by atoms with Crippen LogP contribution in [0.5, 0.6) is 0 Å². The van der Waals surface area contributed by atoms with Crippen molar-refractivity contribution in [2.75, 3.05) is 7.11 Å². The zero-order valence-electron chi connectivity index (χ0n) is 9.01. The Kier molecular flexibility index (Phi) is 4.72. The Morgan fingerprint density at radius 1 is 1.62 bits per heavy atom. The third-order valence-corrected chi connectivity index (χ3v) is 2.82. The fourth-order valence-corrected chi connectivity index (χ4v) is 1.75. The topological polar surface area (TPSA) is 52.4 Å². The molecule has 0 radical (unpaired) electrons. The van der Waals surface area contributed by atoms with Gasteiger partial charge in [0, 0.05) is 16.1 Å². The maximum Gasteiger partial charge on any atom is 0.396 e. The lowest BCUT2D eigenvalue weighted by Gasteiger charge is -2.12. The summed E-state index contributed by atoms with van der Waals surface area (Å²) in [5.41, 5.74) is 0.863. The molecule has 1 rings (SSSR count). The van der Waals surface area contributed by atoms with Crippen molar-refractivity contribution in [3.8, 4) is 0 Å². The molecule has 0 aliphatic carbocycles. The van der Waals surface area contributed by atoms with Gasteiger partial charge in [-0.3, -0.25) is 0 Å². The van der Waals surface area contributed by atoms with Gasteiger partial charge < -0.3 is 9.94 Å². The second-order valence-electron chi connectivity index (χ2n) is 3.24. The molecule has 1 unspecified atom stereocenters. The highest BCUT2D eigenvalue weighted by molar-refractivity contribution is 14.1. The zero-order valence-corrected chi connectivity index (χ0v) is 11.2. The molecule has 5 heteroatoms. The van der Waals surface area contributed by atoms with Crippen molar-refractivity contribution in [1.82, 2.24) is 0 Å². The van der Waals surface area contributed by atoms with Crippen LogP contribution >= 0.6 is 22.6 Å². The number of hydrogen-bond acceptors (Lipinski definition) is 3. The lowest BCUT2D eigenvalue weighted by atomic mass is 10.1. The number of hydrogen-bond donors (Lipinski definition) is 0. The number of hydroxylamine groups is 1. The van der Waals surface area contributed by atoms with Crippen molar-refractivity contribution in [2.24, 2.45) is 0 Å². The third kappa shape index (κ3) is 3.48. The molecule has 0 saturated heterocycles. The van der Waals surface area contributed by atoms with Crippen LogP contribution in [0.2, 0.25) is 0 Å². The van der Waals surface area contributed by atoms with Gasteiger partial charge in [0.1, 0.15) is 0 Å². The average molecular weight is 333 g/mol. The molecule has 1 aromatic rings. The van der Waals surface area contributed by atoms with Crippen LogP contribution in [0.4, 0.5) is 0 Å². The first-order valence-electron chi connectivity index (χ1n) is 4.68. The van der Waals surface area contributed by atoms with Crippen LogP contribution in [0.3, 0.4) is 0 Å². The summed E-state index contributed by atoms with van der Waals surface area (Å²) in [5.74, 6) is -0.646. The molecule has 4 nitrogen and oxygen atoms in total. The van der Waals surface area contributed by atoms with Crippen molar-refractivity contribution < 1.29 is 14.3 Å². The van der Waals surface area contributed by atoms with Gasteiger partial charge in [-0.05, 0) is 34.7 Å². The van der Waals surface area contributed by atoms with E-state index in [1.54, 1.807) is 6.92 Å². The van der Waals surface area contributed by atoms with Crippen LogP contribution in [0.1, 0.15) is 18.5 Å². The Hall–Kier alpha value is -1.11. The van der Waals surface area contributed by atoms with E-state index in [1.807, 2.05) is 24.3 Å². The molecule has 0 aromatic heterocycles. The number of carbonyl (C=O) groups is 1. The van der Waals surface area contributed by atoms with E-state index in [-0.39, 0.29) is 0 Å². The minimum Gasteiger partial charge on any atom is -0.623 e. The molecule has 0 bridgehead atoms. The van der Waals surface area contributed by atoms with E-state index in [9.17, 15) is 10.0 Å². The summed E-state index contributed by atoms with van der Waals surface area (Å²) in [5, 5.41) is 11.6. The van der Waals surface area contributed by atoms with E-state index in [0.717, 1.165) is 15.3 Å². The number of ether oxygens (including phenoxy) is 1. The molecule has 0 aliphatic rings. The van der Waals surface area contributed by atoms with Gasteiger partial charge in [0.15, 0.2) is 6.04 Å². The van der Waals surface area contributed by atoms with Crippen molar-refractivity contribution in [1.29, 1.82) is 0 Å². The summed E-state index contributed by atoms with van der Waals surface area (Å²) < 4.78 is 6.04. The van der Waals surface area contributed by atoms with Crippen LogP contribution in [-0.2, 0) is 9.53 Å². The number of esters is 1. The van der Waals surface area contributed by atoms with Crippen LogP contribution < -0.4 is 0 Å². The molecule has 0 N–H and O–H groups in total. The van der Waals surface area contributed by atoms with Crippen molar-refractivity contribution >= 4 is 34.8 Å². The quantitative estimate of drug-likeness (QED) is 0.213. The Balaban J connectivity index is 2.89. The Bertz CT molecular complexity index is 417. The lowest BCUT2D eigenvalue weighted by molar-refractivity contribution is -0.498. The summed E-state index contributed by atoms with van der Waals surface area (Å²) >= 11 is 2.17.